The summed E-state index contributed by atoms with van der Waals surface area (Å²) in [5.41, 5.74) is 5.87. The van der Waals surface area contributed by atoms with Gasteiger partial charge in [-0.05, 0) is 61.7 Å². The third-order valence-electron chi connectivity index (χ3n) is 5.01. The Hall–Kier alpha value is 0.01000. The van der Waals surface area contributed by atoms with Gasteiger partial charge in [-0.1, -0.05) is 0 Å². The standard InChI is InChI=1S/C12H19NO2.2ClH/c13-10(11(14)15)12-4-7-1-8(5-12)3-9(2-7)6-12;;/h7-10H,1-6,13H2,(H,14,15);2*1H/t7?,8?,9?,10-,12?;;/m1../s1. The Balaban J connectivity index is 0.000000722. The van der Waals surface area contributed by atoms with E-state index >= 15 is 0 Å². The van der Waals surface area contributed by atoms with Gasteiger partial charge in [-0.15, -0.1) is 24.8 Å². The van der Waals surface area contributed by atoms with E-state index in [2.05, 4.69) is 0 Å². The van der Waals surface area contributed by atoms with Crippen molar-refractivity contribution in [2.75, 3.05) is 0 Å². The second-order valence-corrected chi connectivity index (χ2v) is 6.10. The van der Waals surface area contributed by atoms with Gasteiger partial charge in [0.25, 0.3) is 0 Å². The molecular formula is C12H21Cl2NO2. The average Bonchev–Trinajstić information content (AvgIpc) is 2.14. The summed E-state index contributed by atoms with van der Waals surface area (Å²) < 4.78 is 0. The summed E-state index contributed by atoms with van der Waals surface area (Å²) in [6, 6.07) is -0.620. The lowest BCUT2D eigenvalue weighted by Crippen LogP contribution is -2.57. The zero-order valence-electron chi connectivity index (χ0n) is 9.80. The molecule has 0 aliphatic heterocycles. The molecule has 0 aromatic rings. The third kappa shape index (κ3) is 2.29. The van der Waals surface area contributed by atoms with E-state index in [1.165, 1.54) is 19.3 Å². The molecule has 0 heterocycles. The first-order valence-electron chi connectivity index (χ1n) is 6.07. The molecule has 3 N–H and O–H groups in total. The smallest absolute Gasteiger partial charge is 0.321 e. The predicted molar refractivity (Wildman–Crippen MR) is 70.7 cm³/mol. The van der Waals surface area contributed by atoms with Crippen LogP contribution in [0.3, 0.4) is 0 Å². The van der Waals surface area contributed by atoms with Crippen LogP contribution in [-0.4, -0.2) is 17.1 Å². The molecule has 0 aromatic carbocycles. The third-order valence-corrected chi connectivity index (χ3v) is 5.01. The Bertz CT molecular complexity index is 274. The number of carboxylic acid groups (broad SMARTS) is 1. The van der Waals surface area contributed by atoms with Crippen LogP contribution in [0.2, 0.25) is 0 Å². The fraction of sp³-hybridized carbons (Fsp3) is 0.917. The maximum absolute atomic E-state index is 11.1. The van der Waals surface area contributed by atoms with Crippen LogP contribution in [0, 0.1) is 23.2 Å². The summed E-state index contributed by atoms with van der Waals surface area (Å²) >= 11 is 0. The number of hydrogen-bond acceptors (Lipinski definition) is 2. The summed E-state index contributed by atoms with van der Waals surface area (Å²) in [6.07, 6.45) is 7.24. The fourth-order valence-corrected chi connectivity index (χ4v) is 4.82. The van der Waals surface area contributed by atoms with Crippen LogP contribution in [0.5, 0.6) is 0 Å². The lowest BCUT2D eigenvalue weighted by molar-refractivity contribution is -0.149. The molecule has 0 unspecified atom stereocenters. The van der Waals surface area contributed by atoms with Crippen LogP contribution in [0.15, 0.2) is 0 Å². The highest BCUT2D eigenvalue weighted by atomic mass is 35.5. The summed E-state index contributed by atoms with van der Waals surface area (Å²) in [5, 5.41) is 9.12. The summed E-state index contributed by atoms with van der Waals surface area (Å²) in [4.78, 5) is 11.1. The number of aliphatic carboxylic acids is 1. The van der Waals surface area contributed by atoms with Gasteiger partial charge in [0.15, 0.2) is 0 Å². The maximum Gasteiger partial charge on any atom is 0.321 e. The molecule has 5 heteroatoms. The minimum absolute atomic E-state index is 0. The van der Waals surface area contributed by atoms with Crippen LogP contribution < -0.4 is 5.73 Å². The molecular weight excluding hydrogens is 261 g/mol. The molecule has 4 aliphatic rings. The lowest BCUT2D eigenvalue weighted by Gasteiger charge is -2.58. The largest absolute Gasteiger partial charge is 0.480 e. The first-order chi connectivity index (χ1) is 7.09. The molecule has 100 valence electrons. The maximum atomic E-state index is 11.1. The van der Waals surface area contributed by atoms with Crippen LogP contribution >= 0.6 is 24.8 Å². The van der Waals surface area contributed by atoms with Crippen molar-refractivity contribution in [3.05, 3.63) is 0 Å². The molecule has 3 nitrogen and oxygen atoms in total. The number of halogens is 2. The van der Waals surface area contributed by atoms with Crippen LogP contribution in [0.1, 0.15) is 38.5 Å². The van der Waals surface area contributed by atoms with Crippen molar-refractivity contribution >= 4 is 30.8 Å². The monoisotopic (exact) mass is 281 g/mol. The molecule has 0 saturated heterocycles. The first kappa shape index (κ1) is 15.1. The Morgan fingerprint density at radius 2 is 1.41 bits per heavy atom. The van der Waals surface area contributed by atoms with Crippen molar-refractivity contribution in [1.82, 2.24) is 0 Å². The van der Waals surface area contributed by atoms with Crippen LogP contribution in [0.25, 0.3) is 0 Å². The molecule has 4 bridgehead atoms. The molecule has 1 atom stereocenters. The van der Waals surface area contributed by atoms with Crippen molar-refractivity contribution in [3.63, 3.8) is 0 Å². The van der Waals surface area contributed by atoms with Gasteiger partial charge in [0, 0.05) is 0 Å². The number of nitrogens with two attached hydrogens (primary N) is 1. The highest BCUT2D eigenvalue weighted by Crippen LogP contribution is 2.60. The molecule has 4 aliphatic carbocycles. The predicted octanol–water partition coefficient (Wildman–Crippen LogP) is 2.46. The first-order valence-corrected chi connectivity index (χ1v) is 6.07. The molecule has 0 aromatic heterocycles. The normalized spacial score (nSPS) is 43.5. The fourth-order valence-electron chi connectivity index (χ4n) is 4.82. The van der Waals surface area contributed by atoms with Crippen molar-refractivity contribution in [1.29, 1.82) is 0 Å². The summed E-state index contributed by atoms with van der Waals surface area (Å²) in [5.74, 6) is 1.54. The van der Waals surface area contributed by atoms with Gasteiger partial charge in [-0.2, -0.15) is 0 Å². The molecule has 0 amide bonds. The summed E-state index contributed by atoms with van der Waals surface area (Å²) in [7, 11) is 0. The Kier molecular flexibility index (Phi) is 4.38. The molecule has 17 heavy (non-hydrogen) atoms. The van der Waals surface area contributed by atoms with Gasteiger partial charge >= 0.3 is 5.97 Å². The van der Waals surface area contributed by atoms with Gasteiger partial charge in [0.1, 0.15) is 6.04 Å². The van der Waals surface area contributed by atoms with Crippen molar-refractivity contribution in [2.24, 2.45) is 28.9 Å². The van der Waals surface area contributed by atoms with E-state index < -0.39 is 12.0 Å². The molecule has 0 spiro atoms. The zero-order valence-corrected chi connectivity index (χ0v) is 11.4. The quantitative estimate of drug-likeness (QED) is 0.817. The van der Waals surface area contributed by atoms with Crippen LogP contribution in [0.4, 0.5) is 0 Å². The molecule has 4 rings (SSSR count). The summed E-state index contributed by atoms with van der Waals surface area (Å²) in [6.45, 7) is 0. The van der Waals surface area contributed by atoms with Gasteiger partial charge < -0.3 is 10.8 Å². The van der Waals surface area contributed by atoms with E-state index in [0.717, 1.165) is 37.0 Å². The highest BCUT2D eigenvalue weighted by Gasteiger charge is 2.55. The second kappa shape index (κ2) is 4.94. The number of carbonyl (C=O) groups is 1. The van der Waals surface area contributed by atoms with Gasteiger partial charge in [0.05, 0.1) is 0 Å². The van der Waals surface area contributed by atoms with Crippen LogP contribution in [-0.2, 0) is 4.79 Å². The Morgan fingerprint density at radius 1 is 1.06 bits per heavy atom. The topological polar surface area (TPSA) is 63.3 Å². The van der Waals surface area contributed by atoms with E-state index in [9.17, 15) is 4.79 Å². The highest BCUT2D eigenvalue weighted by molar-refractivity contribution is 5.85. The van der Waals surface area contributed by atoms with E-state index in [1.807, 2.05) is 0 Å². The Morgan fingerprint density at radius 3 is 1.71 bits per heavy atom. The lowest BCUT2D eigenvalue weighted by atomic mass is 9.48. The molecule has 4 saturated carbocycles. The van der Waals surface area contributed by atoms with Gasteiger partial charge in [-0.25, -0.2) is 0 Å². The van der Waals surface area contributed by atoms with Crippen molar-refractivity contribution < 1.29 is 9.90 Å². The Labute approximate surface area is 114 Å². The van der Waals surface area contributed by atoms with E-state index in [0.29, 0.717) is 0 Å². The van der Waals surface area contributed by atoms with Crippen molar-refractivity contribution in [2.45, 2.75) is 44.6 Å². The zero-order chi connectivity index (χ0) is 10.6. The number of rotatable bonds is 2. The second-order valence-electron chi connectivity index (χ2n) is 6.10. The SMILES string of the molecule is Cl.Cl.N[C@H](C(=O)O)C12CC3CC(CC(C3)C1)C2. The van der Waals surface area contributed by atoms with Gasteiger partial charge in [0.2, 0.25) is 0 Å². The minimum atomic E-state index is -0.794. The number of hydrogen-bond donors (Lipinski definition) is 2. The minimum Gasteiger partial charge on any atom is -0.480 e. The van der Waals surface area contributed by atoms with Gasteiger partial charge in [-0.3, -0.25) is 4.79 Å². The average molecular weight is 282 g/mol. The molecule has 0 radical (unpaired) electrons. The van der Waals surface area contributed by atoms with Crippen molar-refractivity contribution in [3.8, 4) is 0 Å². The van der Waals surface area contributed by atoms with E-state index in [4.69, 9.17) is 10.8 Å². The molecule has 4 fully saturated rings. The van der Waals surface area contributed by atoms with E-state index in [-0.39, 0.29) is 30.2 Å². The number of carboxylic acids is 1. The van der Waals surface area contributed by atoms with E-state index in [1.54, 1.807) is 0 Å².